The Balaban J connectivity index is 1.89. The van der Waals surface area contributed by atoms with E-state index in [2.05, 4.69) is 9.97 Å². The predicted molar refractivity (Wildman–Crippen MR) is 94.8 cm³/mol. The second-order valence-corrected chi connectivity index (χ2v) is 6.36. The summed E-state index contributed by atoms with van der Waals surface area (Å²) in [6, 6.07) is 9.22. The molecule has 1 aromatic carbocycles. The van der Waals surface area contributed by atoms with Crippen LogP contribution in [0, 0.1) is 23.1 Å². The maximum absolute atomic E-state index is 13.1. The Morgan fingerprint density at radius 2 is 2.00 bits per heavy atom. The van der Waals surface area contributed by atoms with E-state index in [0.717, 1.165) is 0 Å². The lowest BCUT2D eigenvalue weighted by atomic mass is 10.2. The van der Waals surface area contributed by atoms with Gasteiger partial charge in [0, 0.05) is 31.0 Å². The van der Waals surface area contributed by atoms with Gasteiger partial charge in [-0.15, -0.1) is 0 Å². The Hall–Kier alpha value is -3.21. The number of carbonyl (C=O) groups excluding carboxylic acids is 1. The smallest absolute Gasteiger partial charge is 0.291 e. The molecule has 2 heterocycles. The average Bonchev–Trinajstić information content (AvgIpc) is 3.01. The number of carbonyl (C=O) groups is 1. The molecular weight excluding hydrogens is 335 g/mol. The molecule has 1 fully saturated rings. The first kappa shape index (κ1) is 17.6. The molecule has 0 saturated carbocycles. The normalized spacial score (nSPS) is 14.0. The van der Waals surface area contributed by atoms with Crippen LogP contribution < -0.4 is 9.91 Å². The molecule has 134 valence electrons. The van der Waals surface area contributed by atoms with E-state index >= 15 is 0 Å². The Labute approximate surface area is 151 Å². The topological polar surface area (TPSA) is 76.4 Å². The summed E-state index contributed by atoms with van der Waals surface area (Å²) in [5.41, 5.74) is 0.642. The minimum Gasteiger partial charge on any atom is -0.291 e. The Kier molecular flexibility index (Phi) is 4.98. The van der Waals surface area contributed by atoms with Gasteiger partial charge in [0.05, 0.1) is 6.54 Å². The molecule has 2 aromatic rings. The molecule has 0 bridgehead atoms. The van der Waals surface area contributed by atoms with E-state index in [1.807, 2.05) is 19.9 Å². The second-order valence-electron chi connectivity index (χ2n) is 6.36. The molecule has 7 nitrogen and oxygen atoms in total. The number of nitriles is 1. The molecule has 1 saturated heterocycles. The number of hydrogen-bond donors (Lipinski definition) is 0. The number of urea groups is 1. The van der Waals surface area contributed by atoms with Gasteiger partial charge < -0.3 is 0 Å². The van der Waals surface area contributed by atoms with E-state index in [0.29, 0.717) is 31.1 Å². The lowest BCUT2D eigenvalue weighted by Crippen LogP contribution is -2.47. The number of anilines is 2. The second kappa shape index (κ2) is 7.35. The third kappa shape index (κ3) is 3.57. The van der Waals surface area contributed by atoms with Crippen molar-refractivity contribution in [3.63, 3.8) is 0 Å². The first-order valence-electron chi connectivity index (χ1n) is 8.35. The Morgan fingerprint density at radius 1 is 1.27 bits per heavy atom. The average molecular weight is 354 g/mol. The van der Waals surface area contributed by atoms with E-state index in [1.165, 1.54) is 18.3 Å². The fraction of sp³-hybridized carbons (Fsp3) is 0.333. The molecule has 1 aliphatic heterocycles. The number of aromatic nitrogens is 2. The summed E-state index contributed by atoms with van der Waals surface area (Å²) < 4.78 is 13.1. The van der Waals surface area contributed by atoms with Crippen LogP contribution >= 0.6 is 0 Å². The lowest BCUT2D eigenvalue weighted by molar-refractivity contribution is 0.213. The Morgan fingerprint density at radius 3 is 2.65 bits per heavy atom. The van der Waals surface area contributed by atoms with Crippen molar-refractivity contribution < 1.29 is 9.18 Å². The molecule has 0 spiro atoms. The van der Waals surface area contributed by atoms with Crippen LogP contribution in [0.25, 0.3) is 0 Å². The van der Waals surface area contributed by atoms with Crippen LogP contribution in [-0.4, -0.2) is 40.6 Å². The van der Waals surface area contributed by atoms with Crippen LogP contribution in [0.2, 0.25) is 0 Å². The van der Waals surface area contributed by atoms with Crippen molar-refractivity contribution in [3.8, 4) is 6.07 Å². The number of benzene rings is 1. The summed E-state index contributed by atoms with van der Waals surface area (Å²) in [5, 5.41) is 12.4. The van der Waals surface area contributed by atoms with E-state index < -0.39 is 0 Å². The highest BCUT2D eigenvalue weighted by Gasteiger charge is 2.34. The van der Waals surface area contributed by atoms with Gasteiger partial charge in [0.2, 0.25) is 5.82 Å². The number of halogens is 1. The van der Waals surface area contributed by atoms with Gasteiger partial charge in [0.1, 0.15) is 11.9 Å². The molecule has 1 aromatic heterocycles. The summed E-state index contributed by atoms with van der Waals surface area (Å²) in [5.74, 6) is 0.477. The van der Waals surface area contributed by atoms with Crippen LogP contribution in [0.4, 0.5) is 20.7 Å². The summed E-state index contributed by atoms with van der Waals surface area (Å²) in [4.78, 5) is 22.7. The molecule has 0 aliphatic carbocycles. The first-order valence-corrected chi connectivity index (χ1v) is 8.35. The summed E-state index contributed by atoms with van der Waals surface area (Å²) in [6.07, 6.45) is 1.51. The van der Waals surface area contributed by atoms with Crippen LogP contribution in [0.5, 0.6) is 0 Å². The van der Waals surface area contributed by atoms with E-state index in [-0.39, 0.29) is 23.6 Å². The monoisotopic (exact) mass is 354 g/mol. The van der Waals surface area contributed by atoms with Gasteiger partial charge in [-0.1, -0.05) is 13.8 Å². The van der Waals surface area contributed by atoms with Crippen molar-refractivity contribution in [2.45, 2.75) is 13.8 Å². The number of amides is 2. The minimum absolute atomic E-state index is 0.0540. The SMILES string of the molecule is CC(C)CN(c1ccnc(C#N)n1)N1CCN(c2ccc(F)cc2)C1=O. The molecular formula is C18H19FN6O. The van der Waals surface area contributed by atoms with E-state index in [4.69, 9.17) is 5.26 Å². The first-order chi connectivity index (χ1) is 12.5. The summed E-state index contributed by atoms with van der Waals surface area (Å²) >= 11 is 0. The number of nitrogens with zero attached hydrogens (tertiary/aromatic N) is 6. The van der Waals surface area contributed by atoms with E-state index in [9.17, 15) is 9.18 Å². The zero-order valence-electron chi connectivity index (χ0n) is 14.6. The molecule has 26 heavy (non-hydrogen) atoms. The number of hydrazine groups is 1. The molecule has 0 N–H and O–H groups in total. The van der Waals surface area contributed by atoms with Gasteiger partial charge in [0.15, 0.2) is 5.82 Å². The maximum atomic E-state index is 13.1. The maximum Gasteiger partial charge on any atom is 0.343 e. The van der Waals surface area contributed by atoms with Crippen molar-refractivity contribution in [1.82, 2.24) is 15.0 Å². The van der Waals surface area contributed by atoms with E-state index in [1.54, 1.807) is 33.1 Å². The van der Waals surface area contributed by atoms with Crippen molar-refractivity contribution in [2.75, 3.05) is 29.5 Å². The lowest BCUT2D eigenvalue weighted by Gasteiger charge is -2.33. The predicted octanol–water partition coefficient (Wildman–Crippen LogP) is 2.81. The van der Waals surface area contributed by atoms with Crippen molar-refractivity contribution >= 4 is 17.5 Å². The van der Waals surface area contributed by atoms with Gasteiger partial charge in [-0.2, -0.15) is 10.2 Å². The fourth-order valence-electron chi connectivity index (χ4n) is 2.82. The van der Waals surface area contributed by atoms with Crippen molar-refractivity contribution in [3.05, 3.63) is 48.2 Å². The van der Waals surface area contributed by atoms with Gasteiger partial charge in [-0.25, -0.2) is 19.2 Å². The summed E-state index contributed by atoms with van der Waals surface area (Å²) in [7, 11) is 0. The van der Waals surface area contributed by atoms with Crippen LogP contribution in [-0.2, 0) is 0 Å². The third-order valence-corrected chi connectivity index (χ3v) is 3.96. The Bertz CT molecular complexity index is 832. The molecule has 1 aliphatic rings. The highest BCUT2D eigenvalue weighted by molar-refractivity contribution is 5.95. The number of hydrogen-bond acceptors (Lipinski definition) is 5. The van der Waals surface area contributed by atoms with Crippen LogP contribution in [0.1, 0.15) is 19.7 Å². The highest BCUT2D eigenvalue weighted by atomic mass is 19.1. The molecule has 2 amide bonds. The molecule has 8 heteroatoms. The summed E-state index contributed by atoms with van der Waals surface area (Å²) in [6.45, 7) is 5.59. The van der Waals surface area contributed by atoms with Gasteiger partial charge in [0.25, 0.3) is 0 Å². The molecule has 3 rings (SSSR count). The third-order valence-electron chi connectivity index (χ3n) is 3.96. The standard InChI is InChI=1S/C18H19FN6O/c1-13(2)12-25(17-7-8-21-16(11-20)22-17)24-10-9-23(18(24)26)15-5-3-14(19)4-6-15/h3-8,13H,9-10,12H2,1-2H3. The van der Waals surface area contributed by atoms with Crippen molar-refractivity contribution in [1.29, 1.82) is 5.26 Å². The van der Waals surface area contributed by atoms with Gasteiger partial charge >= 0.3 is 6.03 Å². The quantitative estimate of drug-likeness (QED) is 0.825. The van der Waals surface area contributed by atoms with Crippen molar-refractivity contribution in [2.24, 2.45) is 5.92 Å². The van der Waals surface area contributed by atoms with Gasteiger partial charge in [-0.05, 0) is 30.2 Å². The fourth-order valence-corrected chi connectivity index (χ4v) is 2.82. The molecule has 0 unspecified atom stereocenters. The zero-order chi connectivity index (χ0) is 18.7. The van der Waals surface area contributed by atoms with Crippen LogP contribution in [0.15, 0.2) is 36.5 Å². The molecule has 0 atom stereocenters. The molecule has 0 radical (unpaired) electrons. The van der Waals surface area contributed by atoms with Gasteiger partial charge in [-0.3, -0.25) is 9.91 Å². The minimum atomic E-state index is -0.344. The largest absolute Gasteiger partial charge is 0.343 e. The number of rotatable bonds is 5. The zero-order valence-corrected chi connectivity index (χ0v) is 14.6. The van der Waals surface area contributed by atoms with Crippen LogP contribution in [0.3, 0.4) is 0 Å². The highest BCUT2D eigenvalue weighted by Crippen LogP contribution is 2.25.